The monoisotopic (exact) mass is 252 g/mol. The first-order chi connectivity index (χ1) is 8.59. The van der Waals surface area contributed by atoms with Crippen molar-refractivity contribution < 1.29 is 24.5 Å². The molecule has 1 fully saturated rings. The molecule has 1 saturated heterocycles. The van der Waals surface area contributed by atoms with Crippen molar-refractivity contribution in [2.75, 3.05) is 6.61 Å². The Balaban J connectivity index is 2.06. The Kier molecular flexibility index (Phi) is 3.96. The van der Waals surface area contributed by atoms with Gasteiger partial charge in [0.2, 0.25) is 0 Å². The number of benzene rings is 1. The Hall–Kier alpha value is -1.43. The molecule has 1 aliphatic rings. The van der Waals surface area contributed by atoms with Crippen LogP contribution in [0.3, 0.4) is 0 Å². The first-order valence-corrected chi connectivity index (χ1v) is 5.83. The molecular weight excluding hydrogens is 236 g/mol. The molecule has 2 rings (SSSR count). The number of carbonyl (C=O) groups is 1. The van der Waals surface area contributed by atoms with Gasteiger partial charge in [0.1, 0.15) is 12.2 Å². The molecule has 18 heavy (non-hydrogen) atoms. The summed E-state index contributed by atoms with van der Waals surface area (Å²) in [7, 11) is 0. The van der Waals surface area contributed by atoms with Crippen LogP contribution in [0, 0.1) is 0 Å². The number of esters is 1. The number of ether oxygens (including phenoxy) is 2. The SMILES string of the molecule is C[C@@H]1OC[C@H](O)[C@H](O)C1OC(=O)c1ccccc1. The Morgan fingerprint density at radius 1 is 1.33 bits per heavy atom. The van der Waals surface area contributed by atoms with Crippen molar-refractivity contribution in [2.24, 2.45) is 0 Å². The molecule has 1 aromatic rings. The summed E-state index contributed by atoms with van der Waals surface area (Å²) in [5, 5.41) is 19.3. The van der Waals surface area contributed by atoms with Crippen LogP contribution in [0.4, 0.5) is 0 Å². The Bertz CT molecular complexity index is 405. The smallest absolute Gasteiger partial charge is 0.338 e. The lowest BCUT2D eigenvalue weighted by atomic mass is 10.0. The summed E-state index contributed by atoms with van der Waals surface area (Å²) in [6, 6.07) is 8.49. The third kappa shape index (κ3) is 2.69. The molecule has 0 saturated carbocycles. The highest BCUT2D eigenvalue weighted by Crippen LogP contribution is 2.19. The Labute approximate surface area is 105 Å². The minimum Gasteiger partial charge on any atom is -0.453 e. The Morgan fingerprint density at radius 3 is 2.67 bits per heavy atom. The van der Waals surface area contributed by atoms with Crippen LogP contribution in [0.2, 0.25) is 0 Å². The van der Waals surface area contributed by atoms with Crippen molar-refractivity contribution in [1.29, 1.82) is 0 Å². The van der Waals surface area contributed by atoms with E-state index in [2.05, 4.69) is 0 Å². The van der Waals surface area contributed by atoms with Gasteiger partial charge < -0.3 is 19.7 Å². The molecular formula is C13H16O5. The Morgan fingerprint density at radius 2 is 2.00 bits per heavy atom. The number of hydrogen-bond acceptors (Lipinski definition) is 5. The van der Waals surface area contributed by atoms with Gasteiger partial charge in [-0.15, -0.1) is 0 Å². The third-order valence-corrected chi connectivity index (χ3v) is 2.98. The van der Waals surface area contributed by atoms with E-state index in [0.29, 0.717) is 5.56 Å². The van der Waals surface area contributed by atoms with Crippen LogP contribution in [0.15, 0.2) is 30.3 Å². The maximum absolute atomic E-state index is 11.8. The van der Waals surface area contributed by atoms with Gasteiger partial charge >= 0.3 is 5.97 Å². The maximum atomic E-state index is 11.8. The third-order valence-electron chi connectivity index (χ3n) is 2.98. The van der Waals surface area contributed by atoms with Crippen LogP contribution >= 0.6 is 0 Å². The van der Waals surface area contributed by atoms with E-state index in [4.69, 9.17) is 9.47 Å². The molecule has 0 radical (unpaired) electrons. The molecule has 0 aromatic heterocycles. The molecule has 0 aliphatic carbocycles. The van der Waals surface area contributed by atoms with Gasteiger partial charge in [-0.2, -0.15) is 0 Å². The molecule has 0 spiro atoms. The van der Waals surface area contributed by atoms with Crippen LogP contribution in [-0.4, -0.2) is 47.2 Å². The maximum Gasteiger partial charge on any atom is 0.338 e. The van der Waals surface area contributed by atoms with Crippen molar-refractivity contribution in [3.63, 3.8) is 0 Å². The van der Waals surface area contributed by atoms with Crippen LogP contribution in [0.5, 0.6) is 0 Å². The van der Waals surface area contributed by atoms with Gasteiger partial charge in [-0.1, -0.05) is 18.2 Å². The van der Waals surface area contributed by atoms with Crippen molar-refractivity contribution in [1.82, 2.24) is 0 Å². The number of hydrogen-bond donors (Lipinski definition) is 2. The quantitative estimate of drug-likeness (QED) is 0.743. The average molecular weight is 252 g/mol. The summed E-state index contributed by atoms with van der Waals surface area (Å²) in [5.41, 5.74) is 0.400. The second-order valence-corrected chi connectivity index (χ2v) is 4.33. The first kappa shape index (κ1) is 13.0. The van der Waals surface area contributed by atoms with Crippen LogP contribution in [0.25, 0.3) is 0 Å². The van der Waals surface area contributed by atoms with E-state index in [1.165, 1.54) is 0 Å². The van der Waals surface area contributed by atoms with Gasteiger partial charge in [-0.05, 0) is 19.1 Å². The summed E-state index contributed by atoms with van der Waals surface area (Å²) in [6.45, 7) is 1.74. The van der Waals surface area contributed by atoms with E-state index in [0.717, 1.165) is 0 Å². The van der Waals surface area contributed by atoms with Crippen LogP contribution in [-0.2, 0) is 9.47 Å². The van der Waals surface area contributed by atoms with Gasteiger partial charge in [0.05, 0.1) is 18.3 Å². The average Bonchev–Trinajstić information content (AvgIpc) is 2.40. The van der Waals surface area contributed by atoms with E-state index in [1.54, 1.807) is 37.3 Å². The summed E-state index contributed by atoms with van der Waals surface area (Å²) in [5.74, 6) is -0.538. The summed E-state index contributed by atoms with van der Waals surface area (Å²) < 4.78 is 10.4. The summed E-state index contributed by atoms with van der Waals surface area (Å²) >= 11 is 0. The predicted molar refractivity (Wildman–Crippen MR) is 63.1 cm³/mol. The number of aliphatic hydroxyl groups is 2. The molecule has 1 aromatic carbocycles. The molecule has 4 atom stereocenters. The van der Waals surface area contributed by atoms with Crippen molar-refractivity contribution in [2.45, 2.75) is 31.3 Å². The second-order valence-electron chi connectivity index (χ2n) is 4.33. The molecule has 98 valence electrons. The molecule has 1 unspecified atom stereocenters. The van der Waals surface area contributed by atoms with E-state index in [9.17, 15) is 15.0 Å². The standard InChI is InChI=1S/C13H16O5/c1-8-12(11(15)10(14)7-17-8)18-13(16)9-5-3-2-4-6-9/h2-6,8,10-12,14-15H,7H2,1H3/t8-,10-,11-,12?/m0/s1. The lowest BCUT2D eigenvalue weighted by Gasteiger charge is -2.35. The molecule has 1 aliphatic heterocycles. The number of carbonyl (C=O) groups excluding carboxylic acids is 1. The van der Waals surface area contributed by atoms with Crippen molar-refractivity contribution in [3.05, 3.63) is 35.9 Å². The highest BCUT2D eigenvalue weighted by molar-refractivity contribution is 5.89. The fraction of sp³-hybridized carbons (Fsp3) is 0.462. The van der Waals surface area contributed by atoms with Crippen molar-refractivity contribution >= 4 is 5.97 Å². The highest BCUT2D eigenvalue weighted by Gasteiger charge is 2.39. The summed E-state index contributed by atoms with van der Waals surface area (Å²) in [4.78, 5) is 11.8. The van der Waals surface area contributed by atoms with Gasteiger partial charge in [0, 0.05) is 0 Å². The van der Waals surface area contributed by atoms with Crippen LogP contribution in [0.1, 0.15) is 17.3 Å². The molecule has 1 heterocycles. The van der Waals surface area contributed by atoms with Gasteiger partial charge in [0.15, 0.2) is 6.10 Å². The minimum atomic E-state index is -1.12. The van der Waals surface area contributed by atoms with Gasteiger partial charge in [0.25, 0.3) is 0 Å². The fourth-order valence-electron chi connectivity index (χ4n) is 1.87. The molecule has 5 heteroatoms. The van der Waals surface area contributed by atoms with E-state index in [-0.39, 0.29) is 6.61 Å². The molecule has 2 N–H and O–H groups in total. The zero-order valence-electron chi connectivity index (χ0n) is 10.0. The van der Waals surface area contributed by atoms with E-state index < -0.39 is 30.4 Å². The van der Waals surface area contributed by atoms with Gasteiger partial charge in [-0.3, -0.25) is 0 Å². The number of aliphatic hydroxyl groups excluding tert-OH is 2. The zero-order valence-corrected chi connectivity index (χ0v) is 10.0. The van der Waals surface area contributed by atoms with Crippen LogP contribution < -0.4 is 0 Å². The zero-order chi connectivity index (χ0) is 13.1. The lowest BCUT2D eigenvalue weighted by Crippen LogP contribution is -2.53. The lowest BCUT2D eigenvalue weighted by molar-refractivity contribution is -0.182. The van der Waals surface area contributed by atoms with Crippen molar-refractivity contribution in [3.8, 4) is 0 Å². The van der Waals surface area contributed by atoms with E-state index in [1.807, 2.05) is 0 Å². The topological polar surface area (TPSA) is 76.0 Å². The van der Waals surface area contributed by atoms with Gasteiger partial charge in [-0.25, -0.2) is 4.79 Å². The molecule has 0 bridgehead atoms. The summed E-state index contributed by atoms with van der Waals surface area (Å²) in [6.07, 6.45) is -3.46. The largest absolute Gasteiger partial charge is 0.453 e. The fourth-order valence-corrected chi connectivity index (χ4v) is 1.87. The minimum absolute atomic E-state index is 0.0434. The first-order valence-electron chi connectivity index (χ1n) is 5.83. The molecule has 0 amide bonds. The highest BCUT2D eigenvalue weighted by atomic mass is 16.6. The number of rotatable bonds is 2. The molecule has 5 nitrogen and oxygen atoms in total. The normalized spacial score (nSPS) is 31.9. The second kappa shape index (κ2) is 5.48. The predicted octanol–water partition coefficient (Wildman–Crippen LogP) is 0.352. The van der Waals surface area contributed by atoms with E-state index >= 15 is 0 Å².